The minimum Gasteiger partial charge on any atom is -0.494 e. The maximum absolute atomic E-state index is 12.2. The Kier molecular flexibility index (Phi) is 7.33. The van der Waals surface area contributed by atoms with Gasteiger partial charge in [-0.2, -0.15) is 0 Å². The van der Waals surface area contributed by atoms with Crippen molar-refractivity contribution in [2.75, 3.05) is 13.2 Å². The highest BCUT2D eigenvalue weighted by atomic mass is 16.6. The van der Waals surface area contributed by atoms with Crippen LogP contribution < -0.4 is 9.47 Å². The first-order valence-electron chi connectivity index (χ1n) is 8.71. The van der Waals surface area contributed by atoms with Crippen LogP contribution in [0.3, 0.4) is 0 Å². The van der Waals surface area contributed by atoms with Crippen LogP contribution in [0.5, 0.6) is 11.5 Å². The predicted octanol–water partition coefficient (Wildman–Crippen LogP) is 4.80. The third kappa shape index (κ3) is 6.49. The predicted molar refractivity (Wildman–Crippen MR) is 98.4 cm³/mol. The van der Waals surface area contributed by atoms with Gasteiger partial charge in [0.1, 0.15) is 24.2 Å². The number of rotatable bonds is 9. The average Bonchev–Trinajstić information content (AvgIpc) is 2.62. The summed E-state index contributed by atoms with van der Waals surface area (Å²) in [5, 5.41) is 0. The topological polar surface area (TPSA) is 44.8 Å². The van der Waals surface area contributed by atoms with Gasteiger partial charge in [-0.1, -0.05) is 31.0 Å². The quantitative estimate of drug-likeness (QED) is 0.485. The van der Waals surface area contributed by atoms with E-state index in [1.165, 1.54) is 5.56 Å². The second-order valence-corrected chi connectivity index (χ2v) is 6.07. The summed E-state index contributed by atoms with van der Waals surface area (Å²) in [5.41, 5.74) is 1.68. The molecule has 0 aliphatic carbocycles. The summed E-state index contributed by atoms with van der Waals surface area (Å²) in [5.74, 6) is 1.17. The summed E-state index contributed by atoms with van der Waals surface area (Å²) < 4.78 is 16.6. The molecule has 25 heavy (non-hydrogen) atoms. The van der Waals surface area contributed by atoms with Gasteiger partial charge in [0.25, 0.3) is 0 Å². The van der Waals surface area contributed by atoms with Crippen LogP contribution in [-0.2, 0) is 4.74 Å². The number of ether oxygens (including phenoxy) is 3. The molecule has 0 aromatic heterocycles. The van der Waals surface area contributed by atoms with Crippen LogP contribution in [0.15, 0.2) is 48.5 Å². The van der Waals surface area contributed by atoms with E-state index in [9.17, 15) is 4.79 Å². The van der Waals surface area contributed by atoms with Crippen molar-refractivity contribution in [3.63, 3.8) is 0 Å². The highest BCUT2D eigenvalue weighted by molar-refractivity contribution is 5.89. The van der Waals surface area contributed by atoms with Crippen molar-refractivity contribution in [3.8, 4) is 11.5 Å². The van der Waals surface area contributed by atoms with Gasteiger partial charge >= 0.3 is 5.97 Å². The Balaban J connectivity index is 1.78. The summed E-state index contributed by atoms with van der Waals surface area (Å²) >= 11 is 0. The molecule has 0 aliphatic heterocycles. The normalized spacial score (nSPS) is 11.6. The molecule has 2 rings (SSSR count). The van der Waals surface area contributed by atoms with E-state index in [1.807, 2.05) is 38.1 Å². The number of carbonyl (C=O) groups is 1. The van der Waals surface area contributed by atoms with E-state index in [1.54, 1.807) is 24.3 Å². The summed E-state index contributed by atoms with van der Waals surface area (Å²) in [4.78, 5) is 12.2. The zero-order valence-electron chi connectivity index (χ0n) is 15.2. The van der Waals surface area contributed by atoms with Crippen molar-refractivity contribution in [3.05, 3.63) is 59.7 Å². The molecule has 2 aromatic rings. The minimum absolute atomic E-state index is 0.313. The van der Waals surface area contributed by atoms with Crippen molar-refractivity contribution >= 4 is 5.97 Å². The molecule has 0 bridgehead atoms. The van der Waals surface area contributed by atoms with Crippen LogP contribution in [0.1, 0.15) is 42.6 Å². The van der Waals surface area contributed by atoms with Gasteiger partial charge in [-0.3, -0.25) is 0 Å². The first-order chi connectivity index (χ1) is 12.1. The lowest BCUT2D eigenvalue weighted by Crippen LogP contribution is -2.22. The molecule has 0 aliphatic rings. The Bertz CT molecular complexity index is 647. The molecule has 0 heterocycles. The molecular formula is C21H26O4. The fourth-order valence-corrected chi connectivity index (χ4v) is 2.15. The molecule has 2 aromatic carbocycles. The molecule has 0 fully saturated rings. The van der Waals surface area contributed by atoms with Crippen molar-refractivity contribution in [1.82, 2.24) is 0 Å². The Hall–Kier alpha value is -2.49. The number of hydrogen-bond donors (Lipinski definition) is 0. The Morgan fingerprint density at radius 3 is 2.20 bits per heavy atom. The van der Waals surface area contributed by atoms with Gasteiger partial charge in [0.05, 0.1) is 12.2 Å². The van der Waals surface area contributed by atoms with Crippen molar-refractivity contribution in [2.24, 2.45) is 0 Å². The monoisotopic (exact) mass is 342 g/mol. The fraction of sp³-hybridized carbons (Fsp3) is 0.381. The van der Waals surface area contributed by atoms with Gasteiger partial charge in [0, 0.05) is 0 Å². The average molecular weight is 342 g/mol. The van der Waals surface area contributed by atoms with E-state index in [-0.39, 0.29) is 12.1 Å². The van der Waals surface area contributed by atoms with E-state index >= 15 is 0 Å². The molecule has 4 nitrogen and oxygen atoms in total. The second-order valence-electron chi connectivity index (χ2n) is 6.07. The van der Waals surface area contributed by atoms with E-state index in [2.05, 4.69) is 6.92 Å². The molecule has 4 heteroatoms. The number of hydrogen-bond acceptors (Lipinski definition) is 4. The van der Waals surface area contributed by atoms with Crippen LogP contribution in [0.4, 0.5) is 0 Å². The maximum atomic E-state index is 12.2. The summed E-state index contributed by atoms with van der Waals surface area (Å²) in [6, 6.07) is 14.8. The lowest BCUT2D eigenvalue weighted by Gasteiger charge is -2.15. The minimum atomic E-state index is -0.361. The van der Waals surface area contributed by atoms with Crippen LogP contribution in [-0.4, -0.2) is 25.3 Å². The highest BCUT2D eigenvalue weighted by Crippen LogP contribution is 2.15. The number of carbonyl (C=O) groups excluding carboxylic acids is 1. The smallest absolute Gasteiger partial charge is 0.338 e. The Morgan fingerprint density at radius 2 is 1.56 bits per heavy atom. The zero-order valence-corrected chi connectivity index (χ0v) is 15.2. The largest absolute Gasteiger partial charge is 0.494 e. The van der Waals surface area contributed by atoms with E-state index in [0.717, 1.165) is 24.3 Å². The van der Waals surface area contributed by atoms with Gasteiger partial charge < -0.3 is 14.2 Å². The third-order valence-electron chi connectivity index (χ3n) is 3.67. The Labute approximate surface area is 149 Å². The van der Waals surface area contributed by atoms with E-state index < -0.39 is 0 Å². The maximum Gasteiger partial charge on any atom is 0.338 e. The molecule has 1 unspecified atom stereocenters. The first-order valence-corrected chi connectivity index (χ1v) is 8.71. The van der Waals surface area contributed by atoms with E-state index in [4.69, 9.17) is 14.2 Å². The fourth-order valence-electron chi connectivity index (χ4n) is 2.15. The summed E-state index contributed by atoms with van der Waals surface area (Å²) in [6.45, 7) is 6.95. The molecule has 0 N–H and O–H groups in total. The Morgan fingerprint density at radius 1 is 0.960 bits per heavy atom. The standard InChI is InChI=1S/C21H26O4/c1-4-5-14-23-19-12-8-18(9-13-19)21(22)25-17(3)15-24-20-10-6-16(2)7-11-20/h6-13,17H,4-5,14-15H2,1-3H3. The molecule has 0 saturated heterocycles. The summed E-state index contributed by atoms with van der Waals surface area (Å²) in [7, 11) is 0. The molecular weight excluding hydrogens is 316 g/mol. The van der Waals surface area contributed by atoms with Crippen LogP contribution >= 0.6 is 0 Å². The second kappa shape index (κ2) is 9.72. The number of unbranched alkanes of at least 4 members (excludes halogenated alkanes) is 1. The van der Waals surface area contributed by atoms with Crippen LogP contribution in [0.2, 0.25) is 0 Å². The molecule has 1 atom stereocenters. The van der Waals surface area contributed by atoms with Crippen molar-refractivity contribution in [2.45, 2.75) is 39.7 Å². The first kappa shape index (κ1) is 18.8. The van der Waals surface area contributed by atoms with Gasteiger partial charge in [-0.25, -0.2) is 4.79 Å². The molecule has 0 saturated carbocycles. The van der Waals surface area contributed by atoms with Gasteiger partial charge in [0.15, 0.2) is 0 Å². The van der Waals surface area contributed by atoms with Crippen molar-refractivity contribution < 1.29 is 19.0 Å². The molecule has 0 spiro atoms. The lowest BCUT2D eigenvalue weighted by atomic mass is 10.2. The summed E-state index contributed by atoms with van der Waals surface area (Å²) in [6.07, 6.45) is 1.77. The SMILES string of the molecule is CCCCOc1ccc(C(=O)OC(C)COc2ccc(C)cc2)cc1. The number of benzene rings is 2. The van der Waals surface area contributed by atoms with Crippen molar-refractivity contribution in [1.29, 1.82) is 0 Å². The zero-order chi connectivity index (χ0) is 18.1. The number of esters is 1. The third-order valence-corrected chi connectivity index (χ3v) is 3.67. The van der Waals surface area contributed by atoms with Gasteiger partial charge in [-0.05, 0) is 56.7 Å². The number of aryl methyl sites for hydroxylation is 1. The molecule has 134 valence electrons. The van der Waals surface area contributed by atoms with Crippen LogP contribution in [0, 0.1) is 6.92 Å². The van der Waals surface area contributed by atoms with E-state index in [0.29, 0.717) is 18.8 Å². The van der Waals surface area contributed by atoms with Crippen LogP contribution in [0.25, 0.3) is 0 Å². The molecule has 0 radical (unpaired) electrons. The van der Waals surface area contributed by atoms with Gasteiger partial charge in [-0.15, -0.1) is 0 Å². The lowest BCUT2D eigenvalue weighted by molar-refractivity contribution is 0.0228. The highest BCUT2D eigenvalue weighted by Gasteiger charge is 2.13. The molecule has 0 amide bonds. The van der Waals surface area contributed by atoms with Gasteiger partial charge in [0.2, 0.25) is 0 Å².